The number of hydrogen-bond donors (Lipinski definition) is 2. The highest BCUT2D eigenvalue weighted by Crippen LogP contribution is 2.12. The summed E-state index contributed by atoms with van der Waals surface area (Å²) in [5, 5.41) is 3.18. The van der Waals surface area contributed by atoms with Gasteiger partial charge in [-0.25, -0.2) is 13.1 Å². The van der Waals surface area contributed by atoms with E-state index in [2.05, 4.69) is 10.0 Å². The highest BCUT2D eigenvalue weighted by molar-refractivity contribution is 7.89. The first-order valence-electron chi connectivity index (χ1n) is 5.97. The summed E-state index contributed by atoms with van der Waals surface area (Å²) in [6.45, 7) is 1.73. The van der Waals surface area contributed by atoms with Gasteiger partial charge in [0.1, 0.15) is 0 Å². The van der Waals surface area contributed by atoms with Crippen LogP contribution in [0.3, 0.4) is 0 Å². The Morgan fingerprint density at radius 2 is 1.90 bits per heavy atom. The molecular weight excluding hydrogens is 300 g/mol. The number of carbonyl (C=O) groups excluding carboxylic acids is 1. The molecule has 1 rings (SSSR count). The van der Waals surface area contributed by atoms with Crippen LogP contribution in [0, 0.1) is 0 Å². The Bertz CT molecular complexity index is 595. The van der Waals surface area contributed by atoms with Gasteiger partial charge in [-0.1, -0.05) is 23.7 Å². The van der Waals surface area contributed by atoms with Gasteiger partial charge in [-0.2, -0.15) is 0 Å². The summed E-state index contributed by atoms with van der Waals surface area (Å²) in [6.07, 6.45) is 1.71. The Kier molecular flexibility index (Phi) is 6.19. The van der Waals surface area contributed by atoms with Crippen molar-refractivity contribution < 1.29 is 13.2 Å². The van der Waals surface area contributed by atoms with Gasteiger partial charge < -0.3 is 5.32 Å². The molecule has 1 amide bonds. The molecule has 1 aromatic rings. The number of hydrogen-bond acceptors (Lipinski definition) is 3. The van der Waals surface area contributed by atoms with Crippen LogP contribution in [-0.4, -0.2) is 33.7 Å². The first-order valence-corrected chi connectivity index (χ1v) is 8.00. The second-order valence-corrected chi connectivity index (χ2v) is 6.64. The van der Waals surface area contributed by atoms with E-state index in [1.807, 2.05) is 0 Å². The van der Waals surface area contributed by atoms with Crippen molar-refractivity contribution in [1.29, 1.82) is 0 Å². The summed E-state index contributed by atoms with van der Waals surface area (Å²) >= 11 is 5.77. The number of amides is 1. The summed E-state index contributed by atoms with van der Waals surface area (Å²) in [5.74, 6) is -0.449. The number of rotatable bonds is 6. The van der Waals surface area contributed by atoms with E-state index < -0.39 is 10.0 Å². The Balaban J connectivity index is 2.57. The van der Waals surface area contributed by atoms with Crippen molar-refractivity contribution >= 4 is 33.6 Å². The van der Waals surface area contributed by atoms with Gasteiger partial charge in [0.25, 0.3) is 0 Å². The number of nitrogens with one attached hydrogen (secondary N) is 2. The van der Waals surface area contributed by atoms with E-state index >= 15 is 0 Å². The highest BCUT2D eigenvalue weighted by Gasteiger charge is 2.09. The minimum Gasteiger partial charge on any atom is -0.351 e. The van der Waals surface area contributed by atoms with E-state index in [9.17, 15) is 13.2 Å². The van der Waals surface area contributed by atoms with Gasteiger partial charge in [-0.05, 0) is 37.7 Å². The molecule has 0 unspecified atom stereocenters. The number of carbonyl (C=O) groups is 1. The zero-order valence-corrected chi connectivity index (χ0v) is 12.9. The van der Waals surface area contributed by atoms with Crippen LogP contribution >= 0.6 is 11.6 Å². The normalized spacial score (nSPS) is 12.2. The molecule has 0 bridgehead atoms. The van der Waals surface area contributed by atoms with Crippen molar-refractivity contribution in [2.24, 2.45) is 0 Å². The van der Waals surface area contributed by atoms with Crippen molar-refractivity contribution in [2.75, 3.05) is 19.3 Å². The van der Waals surface area contributed by atoms with Crippen molar-refractivity contribution in [3.63, 3.8) is 0 Å². The van der Waals surface area contributed by atoms with Gasteiger partial charge in [0.05, 0.1) is 5.75 Å². The van der Waals surface area contributed by atoms with Gasteiger partial charge in [-0.3, -0.25) is 4.79 Å². The zero-order valence-electron chi connectivity index (χ0n) is 11.3. The predicted molar refractivity (Wildman–Crippen MR) is 81.0 cm³/mol. The molecule has 0 aromatic heterocycles. The molecule has 1 aromatic carbocycles. The van der Waals surface area contributed by atoms with Crippen LogP contribution in [0.5, 0.6) is 0 Å². The minimum absolute atomic E-state index is 0.0633. The van der Waals surface area contributed by atoms with Crippen molar-refractivity contribution in [2.45, 2.75) is 6.92 Å². The van der Waals surface area contributed by atoms with Gasteiger partial charge in [0.2, 0.25) is 15.9 Å². The van der Waals surface area contributed by atoms with E-state index in [0.717, 1.165) is 5.56 Å². The molecule has 0 heterocycles. The van der Waals surface area contributed by atoms with E-state index in [-0.39, 0.29) is 18.2 Å². The molecule has 0 aliphatic rings. The average molecular weight is 317 g/mol. The summed E-state index contributed by atoms with van der Waals surface area (Å²) in [6, 6.07) is 7.06. The minimum atomic E-state index is -3.30. The fourth-order valence-corrected chi connectivity index (χ4v) is 2.12. The largest absolute Gasteiger partial charge is 0.351 e. The van der Waals surface area contributed by atoms with Gasteiger partial charge in [0.15, 0.2) is 0 Å². The van der Waals surface area contributed by atoms with Crippen molar-refractivity contribution in [3.8, 4) is 0 Å². The lowest BCUT2D eigenvalue weighted by atomic mass is 10.1. The lowest BCUT2D eigenvalue weighted by Gasteiger charge is -2.06. The third kappa shape index (κ3) is 5.73. The van der Waals surface area contributed by atoms with Crippen LogP contribution in [-0.2, 0) is 14.8 Å². The summed E-state index contributed by atoms with van der Waals surface area (Å²) in [7, 11) is -1.97. The molecule has 0 aliphatic heterocycles. The second-order valence-electron chi connectivity index (χ2n) is 4.16. The molecule has 7 heteroatoms. The standard InChI is InChI=1S/C13H17ClN2O3S/c1-10(9-11-3-5-12(14)6-4-11)13(17)16-7-8-20(18,19)15-2/h3-6,9,15H,7-8H2,1-2H3,(H,16,17)/b10-9+. The van der Waals surface area contributed by atoms with Crippen LogP contribution < -0.4 is 10.0 Å². The maximum absolute atomic E-state index is 11.8. The first kappa shape index (κ1) is 16.7. The van der Waals surface area contributed by atoms with Crippen molar-refractivity contribution in [1.82, 2.24) is 10.0 Å². The smallest absolute Gasteiger partial charge is 0.246 e. The molecule has 0 radical (unpaired) electrons. The third-order valence-corrected chi connectivity index (χ3v) is 4.19. The molecule has 110 valence electrons. The number of benzene rings is 1. The van der Waals surface area contributed by atoms with Gasteiger partial charge in [-0.15, -0.1) is 0 Å². The Labute approximate surface area is 124 Å². The van der Waals surface area contributed by atoms with Crippen LogP contribution in [0.15, 0.2) is 29.8 Å². The maximum Gasteiger partial charge on any atom is 0.246 e. The highest BCUT2D eigenvalue weighted by atomic mass is 35.5. The van der Waals surface area contributed by atoms with E-state index in [4.69, 9.17) is 11.6 Å². The Hall–Kier alpha value is -1.37. The number of sulfonamides is 1. The van der Waals surface area contributed by atoms with Crippen LogP contribution in [0.4, 0.5) is 0 Å². The summed E-state index contributed by atoms with van der Waals surface area (Å²) in [5.41, 5.74) is 1.35. The lowest BCUT2D eigenvalue weighted by molar-refractivity contribution is -0.117. The molecule has 0 atom stereocenters. The monoisotopic (exact) mass is 316 g/mol. The SMILES string of the molecule is CNS(=O)(=O)CCNC(=O)/C(C)=C/c1ccc(Cl)cc1. The second kappa shape index (κ2) is 7.42. The molecule has 0 aliphatic carbocycles. The van der Waals surface area contributed by atoms with E-state index in [1.165, 1.54) is 7.05 Å². The third-order valence-electron chi connectivity index (χ3n) is 2.58. The molecule has 2 N–H and O–H groups in total. The quantitative estimate of drug-likeness (QED) is 0.779. The molecule has 0 spiro atoms. The molecule has 5 nitrogen and oxygen atoms in total. The van der Waals surface area contributed by atoms with Crippen LogP contribution in [0.1, 0.15) is 12.5 Å². The molecule has 0 saturated carbocycles. The van der Waals surface area contributed by atoms with E-state index in [1.54, 1.807) is 37.3 Å². The molecule has 20 heavy (non-hydrogen) atoms. The fourth-order valence-electron chi connectivity index (χ4n) is 1.41. The van der Waals surface area contributed by atoms with Crippen LogP contribution in [0.25, 0.3) is 6.08 Å². The average Bonchev–Trinajstić information content (AvgIpc) is 2.41. The number of halogens is 1. The van der Waals surface area contributed by atoms with Crippen molar-refractivity contribution in [3.05, 3.63) is 40.4 Å². The summed E-state index contributed by atoms with van der Waals surface area (Å²) in [4.78, 5) is 11.8. The Morgan fingerprint density at radius 3 is 2.45 bits per heavy atom. The maximum atomic E-state index is 11.8. The molecular formula is C13H17ClN2O3S. The predicted octanol–water partition coefficient (Wildman–Crippen LogP) is 1.41. The van der Waals surface area contributed by atoms with E-state index in [0.29, 0.717) is 10.6 Å². The topological polar surface area (TPSA) is 75.3 Å². The molecule has 0 saturated heterocycles. The molecule has 0 fully saturated rings. The fraction of sp³-hybridized carbons (Fsp3) is 0.308. The zero-order chi connectivity index (χ0) is 15.2. The van der Waals surface area contributed by atoms with Gasteiger partial charge >= 0.3 is 0 Å². The lowest BCUT2D eigenvalue weighted by Crippen LogP contribution is -2.33. The van der Waals surface area contributed by atoms with Gasteiger partial charge in [0, 0.05) is 17.1 Å². The first-order chi connectivity index (χ1) is 9.34. The van der Waals surface area contributed by atoms with Crippen LogP contribution in [0.2, 0.25) is 5.02 Å². The Morgan fingerprint density at radius 1 is 1.30 bits per heavy atom. The summed E-state index contributed by atoms with van der Waals surface area (Å²) < 4.78 is 24.6.